The highest BCUT2D eigenvalue weighted by atomic mass is 16.5. The standard InChI is InChI=1S/C29H23NO5/c1-15-8-10-18(11-9-15)24-22-23(28(34)30(27(22)33)19-13-16(2)12-17(3)14-19)29(35-24)25(31)20-6-4-5-7-21(20)26(29)32/h4-14,22-24H,1-3H3/t22-,23+,24+/m0/s1. The van der Waals surface area contributed by atoms with Crippen molar-refractivity contribution in [3.05, 3.63) is 100 Å². The second kappa shape index (κ2) is 7.30. The largest absolute Gasteiger partial charge is 0.349 e. The van der Waals surface area contributed by atoms with Crippen molar-refractivity contribution in [3.63, 3.8) is 0 Å². The number of rotatable bonds is 2. The molecule has 0 radical (unpaired) electrons. The Morgan fingerprint density at radius 3 is 1.86 bits per heavy atom. The smallest absolute Gasteiger partial charge is 0.241 e. The highest BCUT2D eigenvalue weighted by Gasteiger charge is 2.74. The summed E-state index contributed by atoms with van der Waals surface area (Å²) in [6.45, 7) is 5.72. The molecule has 2 heterocycles. The molecule has 0 unspecified atom stereocenters. The first-order valence-corrected chi connectivity index (χ1v) is 11.6. The minimum Gasteiger partial charge on any atom is -0.349 e. The number of aryl methyl sites for hydroxylation is 3. The zero-order valence-electron chi connectivity index (χ0n) is 19.6. The number of benzene rings is 3. The summed E-state index contributed by atoms with van der Waals surface area (Å²) >= 11 is 0. The van der Waals surface area contributed by atoms with Crippen LogP contribution in [0.3, 0.4) is 0 Å². The number of imide groups is 1. The Labute approximate surface area is 202 Å². The molecular weight excluding hydrogens is 442 g/mol. The summed E-state index contributed by atoms with van der Waals surface area (Å²) in [6, 6.07) is 19.4. The van der Waals surface area contributed by atoms with Gasteiger partial charge in [0.25, 0.3) is 0 Å². The summed E-state index contributed by atoms with van der Waals surface area (Å²) in [5.74, 6) is -4.36. The Morgan fingerprint density at radius 2 is 1.29 bits per heavy atom. The Kier molecular flexibility index (Phi) is 4.51. The molecule has 2 saturated heterocycles. The molecule has 0 N–H and O–H groups in total. The number of Topliss-reactive ketones (excluding diaryl/α,β-unsaturated/α-hetero) is 2. The summed E-state index contributed by atoms with van der Waals surface area (Å²) in [7, 11) is 0. The van der Waals surface area contributed by atoms with Crippen molar-refractivity contribution in [2.45, 2.75) is 32.5 Å². The highest BCUT2D eigenvalue weighted by Crippen LogP contribution is 2.57. The van der Waals surface area contributed by atoms with E-state index in [1.807, 2.05) is 51.1 Å². The Bertz CT molecular complexity index is 1400. The third-order valence-corrected chi connectivity index (χ3v) is 7.39. The fourth-order valence-electron chi connectivity index (χ4n) is 5.91. The second-order valence-electron chi connectivity index (χ2n) is 9.75. The van der Waals surface area contributed by atoms with Gasteiger partial charge in [-0.3, -0.25) is 19.2 Å². The summed E-state index contributed by atoms with van der Waals surface area (Å²) in [4.78, 5) is 56.6. The number of ether oxygens (including phenoxy) is 1. The highest BCUT2D eigenvalue weighted by molar-refractivity contribution is 6.37. The van der Waals surface area contributed by atoms with E-state index in [-0.39, 0.29) is 11.1 Å². The van der Waals surface area contributed by atoms with Gasteiger partial charge in [-0.1, -0.05) is 60.2 Å². The lowest BCUT2D eigenvalue weighted by atomic mass is 9.77. The van der Waals surface area contributed by atoms with Gasteiger partial charge in [0.05, 0.1) is 23.6 Å². The molecular formula is C29H23NO5. The van der Waals surface area contributed by atoms with Crippen molar-refractivity contribution in [1.29, 1.82) is 0 Å². The number of fused-ring (bicyclic) bond motifs is 3. The predicted octanol–water partition coefficient (Wildman–Crippen LogP) is 4.31. The molecule has 2 amide bonds. The average Bonchev–Trinajstić information content (AvgIpc) is 3.39. The first kappa shape index (κ1) is 21.6. The zero-order chi connectivity index (χ0) is 24.6. The van der Waals surface area contributed by atoms with Gasteiger partial charge in [-0.25, -0.2) is 4.90 Å². The van der Waals surface area contributed by atoms with E-state index < -0.39 is 46.9 Å². The number of anilines is 1. The molecule has 1 aliphatic carbocycles. The molecule has 3 aliphatic rings. The number of carbonyl (C=O) groups is 4. The van der Waals surface area contributed by atoms with Crippen LogP contribution in [0.4, 0.5) is 5.69 Å². The van der Waals surface area contributed by atoms with Crippen molar-refractivity contribution in [2.24, 2.45) is 11.8 Å². The van der Waals surface area contributed by atoms with Gasteiger partial charge >= 0.3 is 0 Å². The first-order valence-electron chi connectivity index (χ1n) is 11.6. The summed E-state index contributed by atoms with van der Waals surface area (Å²) < 4.78 is 6.31. The third-order valence-electron chi connectivity index (χ3n) is 7.39. The van der Waals surface area contributed by atoms with Crippen molar-refractivity contribution in [3.8, 4) is 0 Å². The van der Waals surface area contributed by atoms with Crippen LogP contribution < -0.4 is 4.90 Å². The molecule has 0 bridgehead atoms. The fourth-order valence-corrected chi connectivity index (χ4v) is 5.91. The van der Waals surface area contributed by atoms with E-state index in [9.17, 15) is 19.2 Å². The number of hydrogen-bond donors (Lipinski definition) is 0. The van der Waals surface area contributed by atoms with Crippen LogP contribution in [0.15, 0.2) is 66.7 Å². The molecule has 1 spiro atoms. The molecule has 2 fully saturated rings. The first-order chi connectivity index (χ1) is 16.7. The van der Waals surface area contributed by atoms with E-state index in [1.165, 1.54) is 0 Å². The predicted molar refractivity (Wildman–Crippen MR) is 128 cm³/mol. The SMILES string of the molecule is Cc1ccc([C@H]2OC3(C(=O)c4ccccc4C3=O)[C@H]3C(=O)N(c4cc(C)cc(C)c4)C(=O)[C@H]23)cc1. The van der Waals surface area contributed by atoms with Crippen molar-refractivity contribution in [1.82, 2.24) is 0 Å². The van der Waals surface area contributed by atoms with Gasteiger partial charge in [0.15, 0.2) is 0 Å². The van der Waals surface area contributed by atoms with Gasteiger partial charge in [-0.2, -0.15) is 0 Å². The van der Waals surface area contributed by atoms with Crippen LogP contribution in [0.2, 0.25) is 0 Å². The minimum absolute atomic E-state index is 0.228. The van der Waals surface area contributed by atoms with E-state index in [1.54, 1.807) is 36.4 Å². The van der Waals surface area contributed by atoms with Crippen LogP contribution in [0.25, 0.3) is 0 Å². The van der Waals surface area contributed by atoms with Crippen LogP contribution in [0.1, 0.15) is 49.1 Å². The number of carbonyl (C=O) groups excluding carboxylic acids is 4. The molecule has 6 rings (SSSR count). The Hall–Kier alpha value is -3.90. The maximum atomic E-state index is 14.0. The van der Waals surface area contributed by atoms with E-state index >= 15 is 0 Å². The lowest BCUT2D eigenvalue weighted by Crippen LogP contribution is -2.51. The molecule has 3 aromatic carbocycles. The molecule has 0 aromatic heterocycles. The molecule has 3 aromatic rings. The number of ketones is 2. The van der Waals surface area contributed by atoms with E-state index in [4.69, 9.17) is 4.74 Å². The van der Waals surface area contributed by atoms with E-state index in [0.29, 0.717) is 11.3 Å². The Balaban J connectivity index is 1.55. The molecule has 2 aliphatic heterocycles. The minimum atomic E-state index is -2.05. The van der Waals surface area contributed by atoms with Crippen molar-refractivity contribution in [2.75, 3.05) is 4.90 Å². The van der Waals surface area contributed by atoms with E-state index in [0.717, 1.165) is 21.6 Å². The fraction of sp³-hybridized carbons (Fsp3) is 0.241. The summed E-state index contributed by atoms with van der Waals surface area (Å²) in [5, 5.41) is 0. The molecule has 3 atom stereocenters. The van der Waals surface area contributed by atoms with E-state index in [2.05, 4.69) is 0 Å². The maximum Gasteiger partial charge on any atom is 0.241 e. The summed E-state index contributed by atoms with van der Waals surface area (Å²) in [6.07, 6.45) is -0.907. The Morgan fingerprint density at radius 1 is 0.714 bits per heavy atom. The van der Waals surface area contributed by atoms with Gasteiger partial charge in [-0.15, -0.1) is 0 Å². The number of amides is 2. The molecule has 35 heavy (non-hydrogen) atoms. The zero-order valence-corrected chi connectivity index (χ0v) is 19.6. The lowest BCUT2D eigenvalue weighted by Gasteiger charge is -2.27. The normalized spacial score (nSPS) is 24.4. The number of hydrogen-bond acceptors (Lipinski definition) is 5. The van der Waals surface area contributed by atoms with Gasteiger partial charge in [-0.05, 0) is 49.6 Å². The van der Waals surface area contributed by atoms with Crippen LogP contribution >= 0.6 is 0 Å². The third kappa shape index (κ3) is 2.80. The molecule has 0 saturated carbocycles. The van der Waals surface area contributed by atoms with Crippen LogP contribution in [-0.4, -0.2) is 29.0 Å². The lowest BCUT2D eigenvalue weighted by molar-refractivity contribution is -0.127. The van der Waals surface area contributed by atoms with Crippen LogP contribution in [0.5, 0.6) is 0 Å². The average molecular weight is 466 g/mol. The summed E-state index contributed by atoms with van der Waals surface area (Å²) in [5.41, 5.74) is 2.33. The second-order valence-corrected chi connectivity index (χ2v) is 9.75. The topological polar surface area (TPSA) is 80.8 Å². The maximum absolute atomic E-state index is 14.0. The quantitative estimate of drug-likeness (QED) is 0.416. The van der Waals surface area contributed by atoms with Gasteiger partial charge in [0.2, 0.25) is 29.0 Å². The van der Waals surface area contributed by atoms with Gasteiger partial charge in [0.1, 0.15) is 0 Å². The number of nitrogens with zero attached hydrogens (tertiary/aromatic N) is 1. The molecule has 6 heteroatoms. The monoisotopic (exact) mass is 465 g/mol. The van der Waals surface area contributed by atoms with Crippen molar-refractivity contribution < 1.29 is 23.9 Å². The van der Waals surface area contributed by atoms with Gasteiger partial charge in [0, 0.05) is 11.1 Å². The van der Waals surface area contributed by atoms with Crippen molar-refractivity contribution >= 4 is 29.1 Å². The van der Waals surface area contributed by atoms with Crippen LogP contribution in [0, 0.1) is 32.6 Å². The van der Waals surface area contributed by atoms with Gasteiger partial charge < -0.3 is 4.74 Å². The van der Waals surface area contributed by atoms with Crippen LogP contribution in [-0.2, 0) is 14.3 Å². The molecule has 174 valence electrons. The molecule has 6 nitrogen and oxygen atoms in total.